The number of hydrogen-bond acceptors (Lipinski definition) is 5. The summed E-state index contributed by atoms with van der Waals surface area (Å²) < 4.78 is 26.1. The Bertz CT molecular complexity index is 668. The summed E-state index contributed by atoms with van der Waals surface area (Å²) in [5, 5.41) is 20.5. The van der Waals surface area contributed by atoms with Crippen molar-refractivity contribution in [2.24, 2.45) is 5.92 Å². The highest BCUT2D eigenvalue weighted by Gasteiger charge is 2.32. The summed E-state index contributed by atoms with van der Waals surface area (Å²) in [6.45, 7) is 0.0646. The second-order valence-electron chi connectivity index (χ2n) is 4.73. The average Bonchev–Trinajstić information content (AvgIpc) is 2.42. The standard InChI is InChI=1S/C12H13Cl2NO5S/c13-8-5-9(14)11(16)10(6-8)21(19,20)15-3-1-7(2-4-15)12(17)18/h5-7,16H,1-4H2,(H,17,18)/p-1. The number of aromatic hydroxyl groups is 1. The fourth-order valence-corrected chi connectivity index (χ4v) is 4.42. The highest BCUT2D eigenvalue weighted by Crippen LogP contribution is 2.36. The molecule has 1 saturated heterocycles. The molecule has 1 aliphatic rings. The molecule has 0 amide bonds. The van der Waals surface area contributed by atoms with Crippen LogP contribution in [-0.2, 0) is 14.8 Å². The Labute approximate surface area is 131 Å². The van der Waals surface area contributed by atoms with Crippen molar-refractivity contribution in [2.45, 2.75) is 17.7 Å². The summed E-state index contributed by atoms with van der Waals surface area (Å²) in [6.07, 6.45) is 0.327. The van der Waals surface area contributed by atoms with Crippen LogP contribution in [0.4, 0.5) is 0 Å². The topological polar surface area (TPSA) is 97.7 Å². The Kier molecular flexibility index (Phi) is 4.67. The Morgan fingerprint density at radius 2 is 1.86 bits per heavy atom. The molecular weight excluding hydrogens is 341 g/mol. The van der Waals surface area contributed by atoms with E-state index in [9.17, 15) is 23.4 Å². The number of piperidine rings is 1. The number of hydrogen-bond donors (Lipinski definition) is 1. The SMILES string of the molecule is O=C([O-])C1CCN(S(=O)(=O)c2cc(Cl)cc(Cl)c2O)CC1. The minimum Gasteiger partial charge on any atom is -0.550 e. The van der Waals surface area contributed by atoms with Gasteiger partial charge < -0.3 is 15.0 Å². The molecule has 1 aromatic rings. The van der Waals surface area contributed by atoms with E-state index in [1.165, 1.54) is 6.07 Å². The number of carboxylic acids is 1. The zero-order chi connectivity index (χ0) is 15.8. The largest absolute Gasteiger partial charge is 0.550 e. The first-order valence-electron chi connectivity index (χ1n) is 6.12. The molecule has 0 bridgehead atoms. The maximum Gasteiger partial charge on any atom is 0.246 e. The van der Waals surface area contributed by atoms with E-state index in [1.54, 1.807) is 0 Å². The van der Waals surface area contributed by atoms with Gasteiger partial charge in [-0.05, 0) is 25.0 Å². The molecule has 1 heterocycles. The van der Waals surface area contributed by atoms with Crippen molar-refractivity contribution in [3.63, 3.8) is 0 Å². The second kappa shape index (κ2) is 6.00. The predicted octanol–water partition coefficient (Wildman–Crippen LogP) is 0.850. The lowest BCUT2D eigenvalue weighted by molar-refractivity contribution is -0.312. The summed E-state index contributed by atoms with van der Waals surface area (Å²) in [5.41, 5.74) is 0. The first-order chi connectivity index (χ1) is 9.73. The number of halogens is 2. The number of nitrogens with zero attached hydrogens (tertiary/aromatic N) is 1. The predicted molar refractivity (Wildman–Crippen MR) is 74.6 cm³/mol. The van der Waals surface area contributed by atoms with Gasteiger partial charge in [-0.1, -0.05) is 23.2 Å². The van der Waals surface area contributed by atoms with Gasteiger partial charge in [0.25, 0.3) is 0 Å². The van der Waals surface area contributed by atoms with Crippen molar-refractivity contribution in [2.75, 3.05) is 13.1 Å². The van der Waals surface area contributed by atoms with Crippen LogP contribution in [-0.4, -0.2) is 36.9 Å². The fraction of sp³-hybridized carbons (Fsp3) is 0.417. The number of rotatable bonds is 3. The maximum atomic E-state index is 12.5. The van der Waals surface area contributed by atoms with Crippen LogP contribution in [0.15, 0.2) is 17.0 Å². The summed E-state index contributed by atoms with van der Waals surface area (Å²) in [6, 6.07) is 2.35. The number of aliphatic carboxylic acids is 1. The van der Waals surface area contributed by atoms with Gasteiger partial charge in [0.15, 0.2) is 5.75 Å². The van der Waals surface area contributed by atoms with Crippen LogP contribution in [0.5, 0.6) is 5.75 Å². The lowest BCUT2D eigenvalue weighted by Gasteiger charge is -2.31. The molecule has 6 nitrogen and oxygen atoms in total. The van der Waals surface area contributed by atoms with Crippen LogP contribution in [0.1, 0.15) is 12.8 Å². The van der Waals surface area contributed by atoms with Gasteiger partial charge in [-0.3, -0.25) is 0 Å². The zero-order valence-corrected chi connectivity index (χ0v) is 13.1. The second-order valence-corrected chi connectivity index (χ2v) is 7.48. The molecule has 0 atom stereocenters. The van der Waals surface area contributed by atoms with Crippen molar-refractivity contribution in [3.8, 4) is 5.75 Å². The lowest BCUT2D eigenvalue weighted by atomic mass is 9.99. The van der Waals surface area contributed by atoms with E-state index in [-0.39, 0.29) is 40.9 Å². The van der Waals surface area contributed by atoms with E-state index in [0.717, 1.165) is 10.4 Å². The number of carboxylic acid groups (broad SMARTS) is 1. The third-order valence-electron chi connectivity index (χ3n) is 3.40. The number of carbonyl (C=O) groups is 1. The summed E-state index contributed by atoms with van der Waals surface area (Å²) >= 11 is 11.5. The number of benzene rings is 1. The Morgan fingerprint density at radius 3 is 2.38 bits per heavy atom. The van der Waals surface area contributed by atoms with Crippen LogP contribution in [0.3, 0.4) is 0 Å². The van der Waals surface area contributed by atoms with Crippen molar-refractivity contribution in [1.82, 2.24) is 4.31 Å². The van der Waals surface area contributed by atoms with Gasteiger partial charge in [-0.15, -0.1) is 0 Å². The van der Waals surface area contributed by atoms with E-state index >= 15 is 0 Å². The third-order valence-corrected chi connectivity index (χ3v) is 5.82. The Morgan fingerprint density at radius 1 is 1.29 bits per heavy atom. The highest BCUT2D eigenvalue weighted by atomic mass is 35.5. The lowest BCUT2D eigenvalue weighted by Crippen LogP contribution is -2.43. The van der Waals surface area contributed by atoms with Crippen LogP contribution in [0.25, 0.3) is 0 Å². The highest BCUT2D eigenvalue weighted by molar-refractivity contribution is 7.89. The molecule has 0 aromatic heterocycles. The molecule has 0 radical (unpaired) electrons. The van der Waals surface area contributed by atoms with Gasteiger partial charge in [-0.2, -0.15) is 4.31 Å². The first-order valence-corrected chi connectivity index (χ1v) is 8.32. The van der Waals surface area contributed by atoms with Gasteiger partial charge >= 0.3 is 0 Å². The van der Waals surface area contributed by atoms with E-state index in [4.69, 9.17) is 23.2 Å². The molecule has 1 fully saturated rings. The first kappa shape index (κ1) is 16.4. The van der Waals surface area contributed by atoms with Crippen LogP contribution in [0.2, 0.25) is 10.0 Å². The van der Waals surface area contributed by atoms with E-state index < -0.39 is 27.7 Å². The molecule has 0 unspecified atom stereocenters. The van der Waals surface area contributed by atoms with Gasteiger partial charge in [0.05, 0.1) is 5.02 Å². The fourth-order valence-electron chi connectivity index (χ4n) is 2.21. The number of phenols is 1. The molecule has 9 heteroatoms. The molecule has 0 aliphatic carbocycles. The summed E-state index contributed by atoms with van der Waals surface area (Å²) in [4.78, 5) is 10.4. The molecule has 116 valence electrons. The summed E-state index contributed by atoms with van der Waals surface area (Å²) in [7, 11) is -3.99. The maximum absolute atomic E-state index is 12.5. The van der Waals surface area contributed by atoms with Gasteiger partial charge in [0, 0.05) is 30.0 Å². The van der Waals surface area contributed by atoms with Crippen LogP contribution < -0.4 is 5.11 Å². The molecular formula is C12H12Cl2NO5S-. The van der Waals surface area contributed by atoms with Crippen LogP contribution >= 0.6 is 23.2 Å². The van der Waals surface area contributed by atoms with Crippen LogP contribution in [0, 0.1) is 5.92 Å². The molecule has 2 rings (SSSR count). The minimum atomic E-state index is -3.99. The Balaban J connectivity index is 2.30. The number of phenolic OH excluding ortho intramolecular Hbond substituents is 1. The van der Waals surface area contributed by atoms with E-state index in [0.29, 0.717) is 0 Å². The normalized spacial score (nSPS) is 17.8. The smallest absolute Gasteiger partial charge is 0.246 e. The molecule has 21 heavy (non-hydrogen) atoms. The van der Waals surface area contributed by atoms with Crippen molar-refractivity contribution >= 4 is 39.2 Å². The molecule has 0 spiro atoms. The van der Waals surface area contributed by atoms with Crippen molar-refractivity contribution < 1.29 is 23.4 Å². The Hall–Kier alpha value is -1.02. The minimum absolute atomic E-state index is 0.0323. The molecule has 0 saturated carbocycles. The molecule has 1 aromatic carbocycles. The van der Waals surface area contributed by atoms with Gasteiger partial charge in [0.1, 0.15) is 4.90 Å². The van der Waals surface area contributed by atoms with Crippen molar-refractivity contribution in [3.05, 3.63) is 22.2 Å². The monoisotopic (exact) mass is 352 g/mol. The number of carbonyl (C=O) groups excluding carboxylic acids is 1. The third kappa shape index (κ3) is 3.26. The molecule has 1 N–H and O–H groups in total. The number of sulfonamides is 1. The zero-order valence-electron chi connectivity index (χ0n) is 10.8. The van der Waals surface area contributed by atoms with Gasteiger partial charge in [-0.25, -0.2) is 8.42 Å². The van der Waals surface area contributed by atoms with Gasteiger partial charge in [0.2, 0.25) is 10.0 Å². The van der Waals surface area contributed by atoms with E-state index in [1.807, 2.05) is 0 Å². The van der Waals surface area contributed by atoms with E-state index in [2.05, 4.69) is 0 Å². The summed E-state index contributed by atoms with van der Waals surface area (Å²) in [5.74, 6) is -2.41. The molecule has 1 aliphatic heterocycles. The quantitative estimate of drug-likeness (QED) is 0.869. The average molecular weight is 353 g/mol. The van der Waals surface area contributed by atoms with Crippen molar-refractivity contribution in [1.29, 1.82) is 0 Å².